The van der Waals surface area contributed by atoms with Gasteiger partial charge in [-0.05, 0) is 45.8 Å². The Kier molecular flexibility index (Phi) is 4.92. The van der Waals surface area contributed by atoms with Gasteiger partial charge in [-0.3, -0.25) is 14.5 Å². The van der Waals surface area contributed by atoms with Crippen molar-refractivity contribution in [3.63, 3.8) is 0 Å². The summed E-state index contributed by atoms with van der Waals surface area (Å²) in [5, 5.41) is 0. The fraction of sp³-hybridized carbons (Fsp3) is 0.882. The van der Waals surface area contributed by atoms with Crippen LogP contribution in [0.2, 0.25) is 0 Å². The molecule has 6 nitrogen and oxygen atoms in total. The Labute approximate surface area is 139 Å². The van der Waals surface area contributed by atoms with Gasteiger partial charge < -0.3 is 14.7 Å². The summed E-state index contributed by atoms with van der Waals surface area (Å²) in [4.78, 5) is 33.6. The minimum absolute atomic E-state index is 0.201. The molecule has 0 bridgehead atoms. The number of hydrogen-bond acceptors (Lipinski definition) is 4. The van der Waals surface area contributed by atoms with Crippen LogP contribution in [-0.4, -0.2) is 97.9 Å². The quantitative estimate of drug-likeness (QED) is 0.723. The molecule has 3 heterocycles. The second-order valence-electron chi connectivity index (χ2n) is 7.61. The van der Waals surface area contributed by atoms with Gasteiger partial charge in [0.05, 0.1) is 12.0 Å². The number of carbonyl (C=O) groups excluding carboxylic acids is 2. The van der Waals surface area contributed by atoms with Crippen molar-refractivity contribution in [2.75, 3.05) is 66.5 Å². The van der Waals surface area contributed by atoms with E-state index in [0.717, 1.165) is 65.0 Å². The van der Waals surface area contributed by atoms with Crippen LogP contribution in [0.5, 0.6) is 0 Å². The highest BCUT2D eigenvalue weighted by Crippen LogP contribution is 2.39. The minimum atomic E-state index is -0.290. The van der Waals surface area contributed by atoms with E-state index >= 15 is 0 Å². The van der Waals surface area contributed by atoms with Crippen molar-refractivity contribution in [2.45, 2.75) is 25.7 Å². The molecule has 0 aromatic heterocycles. The van der Waals surface area contributed by atoms with Gasteiger partial charge in [-0.25, -0.2) is 0 Å². The molecular formula is C17H30N4O2. The van der Waals surface area contributed by atoms with Crippen LogP contribution in [0.4, 0.5) is 0 Å². The number of likely N-dealkylation sites (N-methyl/N-ethyl adjacent to an activating group) is 1. The van der Waals surface area contributed by atoms with E-state index in [1.807, 2.05) is 16.8 Å². The van der Waals surface area contributed by atoms with E-state index in [0.29, 0.717) is 13.1 Å². The van der Waals surface area contributed by atoms with Crippen LogP contribution in [0.3, 0.4) is 0 Å². The molecule has 0 N–H and O–H groups in total. The lowest BCUT2D eigenvalue weighted by Crippen LogP contribution is -2.49. The van der Waals surface area contributed by atoms with E-state index in [2.05, 4.69) is 16.8 Å². The highest BCUT2D eigenvalue weighted by molar-refractivity contribution is 5.86. The molecule has 1 spiro atoms. The van der Waals surface area contributed by atoms with E-state index in [-0.39, 0.29) is 17.2 Å². The lowest BCUT2D eigenvalue weighted by atomic mass is 9.78. The first kappa shape index (κ1) is 16.7. The maximum Gasteiger partial charge on any atom is 0.236 e. The van der Waals surface area contributed by atoms with Crippen LogP contribution in [0.25, 0.3) is 0 Å². The summed E-state index contributed by atoms with van der Waals surface area (Å²) < 4.78 is 0. The molecule has 3 rings (SSSR count). The highest BCUT2D eigenvalue weighted by atomic mass is 16.2. The average molecular weight is 322 g/mol. The van der Waals surface area contributed by atoms with Crippen molar-refractivity contribution < 1.29 is 9.59 Å². The third-order valence-electron chi connectivity index (χ3n) is 5.83. The van der Waals surface area contributed by atoms with Crippen LogP contribution in [0.15, 0.2) is 0 Å². The molecule has 0 radical (unpaired) electrons. The maximum atomic E-state index is 12.7. The predicted octanol–water partition coefficient (Wildman–Crippen LogP) is 0.0948. The number of carbonyl (C=O) groups is 2. The number of piperidine rings is 1. The van der Waals surface area contributed by atoms with Crippen molar-refractivity contribution in [1.82, 2.24) is 19.6 Å². The monoisotopic (exact) mass is 322 g/mol. The molecule has 130 valence electrons. The summed E-state index contributed by atoms with van der Waals surface area (Å²) in [5.74, 6) is 0.447. The highest BCUT2D eigenvalue weighted by Gasteiger charge is 2.48. The molecule has 0 aliphatic carbocycles. The Bertz CT molecular complexity index is 470. The van der Waals surface area contributed by atoms with E-state index < -0.39 is 0 Å². The third kappa shape index (κ3) is 3.53. The summed E-state index contributed by atoms with van der Waals surface area (Å²) in [7, 11) is 4.03. The van der Waals surface area contributed by atoms with Crippen molar-refractivity contribution in [1.29, 1.82) is 0 Å². The Balaban J connectivity index is 1.56. The smallest absolute Gasteiger partial charge is 0.236 e. The number of amides is 2. The van der Waals surface area contributed by atoms with Crippen molar-refractivity contribution in [3.05, 3.63) is 0 Å². The van der Waals surface area contributed by atoms with Crippen LogP contribution >= 0.6 is 0 Å². The molecule has 3 saturated heterocycles. The molecule has 0 unspecified atom stereocenters. The van der Waals surface area contributed by atoms with Gasteiger partial charge in [0.2, 0.25) is 11.8 Å². The van der Waals surface area contributed by atoms with E-state index in [9.17, 15) is 9.59 Å². The molecule has 0 aromatic carbocycles. The van der Waals surface area contributed by atoms with Crippen LogP contribution < -0.4 is 0 Å². The van der Waals surface area contributed by atoms with E-state index in [1.165, 1.54) is 0 Å². The summed E-state index contributed by atoms with van der Waals surface area (Å²) in [6, 6.07) is 0. The number of nitrogens with zero attached hydrogens (tertiary/aromatic N) is 4. The van der Waals surface area contributed by atoms with Crippen LogP contribution in [0.1, 0.15) is 25.7 Å². The van der Waals surface area contributed by atoms with Gasteiger partial charge in [-0.2, -0.15) is 0 Å². The first-order valence-electron chi connectivity index (χ1n) is 8.94. The summed E-state index contributed by atoms with van der Waals surface area (Å²) in [5.41, 5.74) is -0.290. The Morgan fingerprint density at radius 2 is 1.83 bits per heavy atom. The zero-order valence-corrected chi connectivity index (χ0v) is 14.6. The molecule has 6 heteroatoms. The second kappa shape index (κ2) is 6.77. The third-order valence-corrected chi connectivity index (χ3v) is 5.83. The first-order chi connectivity index (χ1) is 11.0. The van der Waals surface area contributed by atoms with Crippen molar-refractivity contribution in [3.8, 4) is 0 Å². The number of rotatable bonds is 2. The molecule has 3 aliphatic heterocycles. The maximum absolute atomic E-state index is 12.7. The molecule has 3 fully saturated rings. The zero-order valence-electron chi connectivity index (χ0n) is 14.6. The van der Waals surface area contributed by atoms with Crippen molar-refractivity contribution >= 4 is 11.8 Å². The van der Waals surface area contributed by atoms with Gasteiger partial charge in [0.1, 0.15) is 0 Å². The molecule has 2 amide bonds. The van der Waals surface area contributed by atoms with E-state index in [1.54, 1.807) is 0 Å². The topological polar surface area (TPSA) is 47.1 Å². The standard InChI is InChI=1S/C17H30N4O2/c1-18-7-4-9-20(12-11-18)13-15(22)21-10-6-17(14-21)5-3-8-19(2)16(17)23/h3-14H2,1-2H3/t17-/m0/s1. The lowest BCUT2D eigenvalue weighted by molar-refractivity contribution is -0.144. The van der Waals surface area contributed by atoms with Gasteiger partial charge in [-0.1, -0.05) is 0 Å². The van der Waals surface area contributed by atoms with Gasteiger partial charge in [0.15, 0.2) is 0 Å². The first-order valence-corrected chi connectivity index (χ1v) is 8.94. The number of likely N-dealkylation sites (tertiary alicyclic amines) is 2. The zero-order chi connectivity index (χ0) is 16.4. The van der Waals surface area contributed by atoms with Gasteiger partial charge in [0, 0.05) is 39.8 Å². The van der Waals surface area contributed by atoms with Crippen molar-refractivity contribution in [2.24, 2.45) is 5.41 Å². The molecular weight excluding hydrogens is 292 g/mol. The number of hydrogen-bond donors (Lipinski definition) is 0. The van der Waals surface area contributed by atoms with Gasteiger partial charge in [0.25, 0.3) is 0 Å². The lowest BCUT2D eigenvalue weighted by Gasteiger charge is -2.37. The molecule has 0 aromatic rings. The SMILES string of the molecule is CN1CCCN(CC(=O)N2CC[C@@]3(CCCN(C)C3=O)C2)CC1. The average Bonchev–Trinajstić information content (AvgIpc) is 2.85. The Morgan fingerprint density at radius 3 is 2.65 bits per heavy atom. The van der Waals surface area contributed by atoms with Gasteiger partial charge in [-0.15, -0.1) is 0 Å². The van der Waals surface area contributed by atoms with Crippen LogP contribution in [-0.2, 0) is 9.59 Å². The fourth-order valence-corrected chi connectivity index (χ4v) is 4.28. The van der Waals surface area contributed by atoms with E-state index in [4.69, 9.17) is 0 Å². The fourth-order valence-electron chi connectivity index (χ4n) is 4.28. The van der Waals surface area contributed by atoms with Gasteiger partial charge >= 0.3 is 0 Å². The Hall–Kier alpha value is -1.14. The summed E-state index contributed by atoms with van der Waals surface area (Å²) in [6.45, 7) is 6.83. The molecule has 23 heavy (non-hydrogen) atoms. The minimum Gasteiger partial charge on any atom is -0.345 e. The summed E-state index contributed by atoms with van der Waals surface area (Å²) in [6.07, 6.45) is 3.96. The second-order valence-corrected chi connectivity index (χ2v) is 7.61. The molecule has 3 aliphatic rings. The predicted molar refractivity (Wildman–Crippen MR) is 89.1 cm³/mol. The normalized spacial score (nSPS) is 31.0. The molecule has 1 atom stereocenters. The Morgan fingerprint density at radius 1 is 1.00 bits per heavy atom. The van der Waals surface area contributed by atoms with Crippen LogP contribution in [0, 0.1) is 5.41 Å². The summed E-state index contributed by atoms with van der Waals surface area (Å²) >= 11 is 0. The largest absolute Gasteiger partial charge is 0.345 e. The molecule has 0 saturated carbocycles.